The van der Waals surface area contributed by atoms with Gasteiger partial charge in [-0.15, -0.1) is 0 Å². The second kappa shape index (κ2) is 19.9. The zero-order chi connectivity index (χ0) is 33.5. The van der Waals surface area contributed by atoms with Crippen LogP contribution in [0, 0.1) is 23.7 Å². The first-order valence-electron chi connectivity index (χ1n) is 17.2. The van der Waals surface area contributed by atoms with Crippen molar-refractivity contribution >= 4 is 17.7 Å². The molecule has 1 aliphatic rings. The van der Waals surface area contributed by atoms with Crippen molar-refractivity contribution in [2.24, 2.45) is 23.7 Å². The van der Waals surface area contributed by atoms with E-state index in [4.69, 9.17) is 0 Å². The molecular weight excluding hydrogens is 568 g/mol. The van der Waals surface area contributed by atoms with Gasteiger partial charge in [0.05, 0.1) is 18.1 Å². The second-order valence-corrected chi connectivity index (χ2v) is 14.4. The molecule has 1 saturated carbocycles. The van der Waals surface area contributed by atoms with E-state index in [0.717, 1.165) is 31.2 Å². The van der Waals surface area contributed by atoms with Crippen LogP contribution in [0.4, 0.5) is 0 Å². The highest BCUT2D eigenvalue weighted by molar-refractivity contribution is 5.91. The van der Waals surface area contributed by atoms with Crippen molar-refractivity contribution < 1.29 is 24.6 Å². The Kier molecular flexibility index (Phi) is 17.1. The van der Waals surface area contributed by atoms with Crippen molar-refractivity contribution in [3.05, 3.63) is 35.9 Å². The highest BCUT2D eigenvalue weighted by Gasteiger charge is 2.34. The number of rotatable bonds is 19. The van der Waals surface area contributed by atoms with Gasteiger partial charge in [-0.2, -0.15) is 0 Å². The molecule has 0 heterocycles. The predicted molar refractivity (Wildman–Crippen MR) is 180 cm³/mol. The van der Waals surface area contributed by atoms with E-state index in [1.54, 1.807) is 11.9 Å². The summed E-state index contributed by atoms with van der Waals surface area (Å²) in [4.78, 5) is 44.6. The van der Waals surface area contributed by atoms with E-state index in [1.165, 1.54) is 6.42 Å². The number of likely N-dealkylation sites (N-methyl/N-ethyl adjacent to an activating group) is 2. The molecule has 45 heavy (non-hydrogen) atoms. The summed E-state index contributed by atoms with van der Waals surface area (Å²) in [5, 5.41) is 28.1. The summed E-state index contributed by atoms with van der Waals surface area (Å²) in [5.41, 5.74) is 0.945. The number of benzene rings is 1. The molecule has 256 valence electrons. The summed E-state index contributed by atoms with van der Waals surface area (Å²) in [7, 11) is 5.66. The fraction of sp³-hybridized carbons (Fsp3) is 0.750. The van der Waals surface area contributed by atoms with E-state index >= 15 is 0 Å². The topological polar surface area (TPSA) is 122 Å². The standard InChI is InChI=1S/C36H62N4O5/c1-25(2)20-31(36(45)37-30(23-28-16-12-9-13-17-28)34(43)32(41)21-26(3)4)38-35(44)29(22-27-14-10-8-11-15-27)24-33(42)40(7)19-18-39(5)6/h8,10-11,14-15,25-26,28-32,34,41,43H,9,12-13,16-24H2,1-7H3,(H,37,45)(H,38,44)/t29-,30+,31+,32+,34-/m1/s1. The van der Waals surface area contributed by atoms with E-state index < -0.39 is 30.2 Å². The number of nitrogens with one attached hydrogen (secondary N) is 2. The molecule has 1 aromatic carbocycles. The first-order valence-corrected chi connectivity index (χ1v) is 17.2. The van der Waals surface area contributed by atoms with Gasteiger partial charge in [-0.3, -0.25) is 14.4 Å². The van der Waals surface area contributed by atoms with Gasteiger partial charge < -0.3 is 30.6 Å². The number of aliphatic hydroxyl groups excluding tert-OH is 2. The number of amides is 3. The molecule has 0 radical (unpaired) electrons. The Morgan fingerprint density at radius 3 is 2.04 bits per heavy atom. The molecule has 0 bridgehead atoms. The van der Waals surface area contributed by atoms with Gasteiger partial charge in [0.15, 0.2) is 0 Å². The lowest BCUT2D eigenvalue weighted by Crippen LogP contribution is -2.56. The van der Waals surface area contributed by atoms with Gasteiger partial charge in [0.25, 0.3) is 0 Å². The molecule has 9 heteroatoms. The summed E-state index contributed by atoms with van der Waals surface area (Å²) in [5.74, 6) is -0.789. The van der Waals surface area contributed by atoms with Crippen LogP contribution in [-0.4, -0.2) is 96.3 Å². The van der Waals surface area contributed by atoms with E-state index in [-0.39, 0.29) is 36.0 Å². The van der Waals surface area contributed by atoms with Crippen molar-refractivity contribution in [2.45, 2.75) is 116 Å². The largest absolute Gasteiger partial charge is 0.390 e. The molecule has 2 rings (SSSR count). The molecular formula is C36H62N4O5. The average molecular weight is 631 g/mol. The fourth-order valence-electron chi connectivity index (χ4n) is 6.23. The Bertz CT molecular complexity index is 1010. The SMILES string of the molecule is CC(C)C[C@H](NC(=O)[C@@H](CC(=O)N(C)CCN(C)C)Cc1ccccc1)C(=O)N[C@@H](CC1CCCCC1)[C@@H](O)[C@@H](O)CC(C)C. The molecule has 0 unspecified atom stereocenters. The van der Waals surface area contributed by atoms with Crippen LogP contribution in [0.3, 0.4) is 0 Å². The van der Waals surface area contributed by atoms with E-state index in [2.05, 4.69) is 10.6 Å². The highest BCUT2D eigenvalue weighted by Crippen LogP contribution is 2.29. The average Bonchev–Trinajstić information content (AvgIpc) is 2.98. The van der Waals surface area contributed by atoms with Gasteiger partial charge in [0, 0.05) is 26.6 Å². The third-order valence-electron chi connectivity index (χ3n) is 8.92. The summed E-state index contributed by atoms with van der Waals surface area (Å²) in [6.07, 6.45) is 5.34. The lowest BCUT2D eigenvalue weighted by molar-refractivity contribution is -0.137. The number of hydrogen-bond donors (Lipinski definition) is 4. The van der Waals surface area contributed by atoms with E-state index in [9.17, 15) is 24.6 Å². The van der Waals surface area contributed by atoms with Gasteiger partial charge >= 0.3 is 0 Å². The first kappa shape index (κ1) is 38.7. The van der Waals surface area contributed by atoms with Crippen LogP contribution in [0.2, 0.25) is 0 Å². The molecule has 3 amide bonds. The highest BCUT2D eigenvalue weighted by atomic mass is 16.3. The molecule has 4 N–H and O–H groups in total. The number of carbonyl (C=O) groups is 3. The Balaban J connectivity index is 2.25. The van der Waals surface area contributed by atoms with E-state index in [0.29, 0.717) is 44.7 Å². The molecule has 0 saturated heterocycles. The van der Waals surface area contributed by atoms with Gasteiger partial charge in [-0.05, 0) is 63.1 Å². The summed E-state index contributed by atoms with van der Waals surface area (Å²) in [6, 6.07) is 8.18. The minimum absolute atomic E-state index is 0.0328. The van der Waals surface area contributed by atoms with Crippen molar-refractivity contribution in [1.82, 2.24) is 20.4 Å². The molecule has 1 aromatic rings. The van der Waals surface area contributed by atoms with Crippen molar-refractivity contribution in [3.63, 3.8) is 0 Å². The van der Waals surface area contributed by atoms with Crippen LogP contribution in [0.1, 0.15) is 91.0 Å². The molecule has 5 atom stereocenters. The van der Waals surface area contributed by atoms with Crippen LogP contribution in [0.15, 0.2) is 30.3 Å². The van der Waals surface area contributed by atoms with Crippen LogP contribution >= 0.6 is 0 Å². The van der Waals surface area contributed by atoms with Crippen LogP contribution in [0.5, 0.6) is 0 Å². The monoisotopic (exact) mass is 630 g/mol. The van der Waals surface area contributed by atoms with Crippen LogP contribution < -0.4 is 10.6 Å². The quantitative estimate of drug-likeness (QED) is 0.183. The molecule has 0 aromatic heterocycles. The smallest absolute Gasteiger partial charge is 0.242 e. The normalized spacial score (nSPS) is 17.5. The minimum Gasteiger partial charge on any atom is -0.390 e. The zero-order valence-electron chi connectivity index (χ0n) is 29.0. The minimum atomic E-state index is -1.10. The number of hydrogen-bond acceptors (Lipinski definition) is 6. The lowest BCUT2D eigenvalue weighted by Gasteiger charge is -2.34. The van der Waals surface area contributed by atoms with Crippen molar-refractivity contribution in [1.29, 1.82) is 0 Å². The Morgan fingerprint density at radius 2 is 1.47 bits per heavy atom. The Labute approximate surface area is 272 Å². The molecule has 9 nitrogen and oxygen atoms in total. The lowest BCUT2D eigenvalue weighted by atomic mass is 9.82. The third-order valence-corrected chi connectivity index (χ3v) is 8.92. The fourth-order valence-corrected chi connectivity index (χ4v) is 6.23. The van der Waals surface area contributed by atoms with Crippen LogP contribution in [-0.2, 0) is 20.8 Å². The number of aliphatic hydroxyl groups is 2. The summed E-state index contributed by atoms with van der Waals surface area (Å²) < 4.78 is 0. The summed E-state index contributed by atoms with van der Waals surface area (Å²) >= 11 is 0. The maximum absolute atomic E-state index is 13.9. The molecule has 1 aliphatic carbocycles. The van der Waals surface area contributed by atoms with Crippen molar-refractivity contribution in [3.8, 4) is 0 Å². The first-order chi connectivity index (χ1) is 21.3. The van der Waals surface area contributed by atoms with Gasteiger partial charge in [0.2, 0.25) is 17.7 Å². The predicted octanol–water partition coefficient (Wildman–Crippen LogP) is 4.01. The molecule has 0 spiro atoms. The zero-order valence-corrected chi connectivity index (χ0v) is 29.0. The Morgan fingerprint density at radius 1 is 0.844 bits per heavy atom. The maximum atomic E-state index is 13.9. The molecule has 0 aliphatic heterocycles. The maximum Gasteiger partial charge on any atom is 0.242 e. The second-order valence-electron chi connectivity index (χ2n) is 14.4. The number of nitrogens with zero attached hydrogens (tertiary/aromatic N) is 2. The van der Waals surface area contributed by atoms with E-state index in [1.807, 2.05) is 77.0 Å². The summed E-state index contributed by atoms with van der Waals surface area (Å²) in [6.45, 7) is 9.26. The Hall–Kier alpha value is -2.49. The third kappa shape index (κ3) is 14.6. The van der Waals surface area contributed by atoms with Crippen molar-refractivity contribution in [2.75, 3.05) is 34.2 Å². The van der Waals surface area contributed by atoms with Gasteiger partial charge in [0.1, 0.15) is 12.1 Å². The van der Waals surface area contributed by atoms with Gasteiger partial charge in [-0.1, -0.05) is 90.1 Å². The van der Waals surface area contributed by atoms with Gasteiger partial charge in [-0.25, -0.2) is 0 Å². The number of carbonyl (C=O) groups excluding carboxylic acids is 3. The molecule has 1 fully saturated rings. The van der Waals surface area contributed by atoms with Crippen LogP contribution in [0.25, 0.3) is 0 Å².